The first-order valence-electron chi connectivity index (χ1n) is 12.4. The number of amides is 1. The van der Waals surface area contributed by atoms with E-state index in [1.54, 1.807) is 24.3 Å². The van der Waals surface area contributed by atoms with E-state index in [4.69, 9.17) is 0 Å². The van der Waals surface area contributed by atoms with Crippen LogP contribution in [-0.4, -0.2) is 32.1 Å². The van der Waals surface area contributed by atoms with Crippen molar-refractivity contribution >= 4 is 28.3 Å². The maximum atomic E-state index is 13.6. The standard InChI is InChI=1S/C14H19FN2O3.C11H10.C3H8.C2H6/c1-14(2,15)10-4-6-11(7-5-10)16-8-12(18)17-9-13(19)20-3;1-9-5-4-7-10-6-2-3-8-11(9)10;1-3-2;1-2/h4-7,16H,8-9H2,1-3H3,(H,17,18);2-8H,1H3;3H2,1-2H3;1-2H3. The summed E-state index contributed by atoms with van der Waals surface area (Å²) >= 11 is 0. The number of carbonyl (C=O) groups is 2. The Labute approximate surface area is 216 Å². The molecule has 0 bridgehead atoms. The molecule has 0 aliphatic heterocycles. The fourth-order valence-electron chi connectivity index (χ4n) is 2.86. The van der Waals surface area contributed by atoms with Gasteiger partial charge in [-0.15, -0.1) is 0 Å². The Kier molecular flexibility index (Phi) is 16.2. The average molecular weight is 499 g/mol. The van der Waals surface area contributed by atoms with Crippen molar-refractivity contribution < 1.29 is 18.7 Å². The van der Waals surface area contributed by atoms with E-state index in [9.17, 15) is 14.0 Å². The first-order chi connectivity index (χ1) is 17.1. The van der Waals surface area contributed by atoms with Gasteiger partial charge in [0.15, 0.2) is 0 Å². The maximum Gasteiger partial charge on any atom is 0.325 e. The number of carbonyl (C=O) groups excluding carboxylic acids is 2. The molecule has 3 aromatic rings. The summed E-state index contributed by atoms with van der Waals surface area (Å²) < 4.78 is 18.0. The Morgan fingerprint density at radius 2 is 1.44 bits per heavy atom. The summed E-state index contributed by atoms with van der Waals surface area (Å²) in [5.74, 6) is -0.835. The van der Waals surface area contributed by atoms with Gasteiger partial charge in [0.2, 0.25) is 5.91 Å². The van der Waals surface area contributed by atoms with Gasteiger partial charge >= 0.3 is 5.97 Å². The van der Waals surface area contributed by atoms with Crippen LogP contribution < -0.4 is 10.6 Å². The van der Waals surface area contributed by atoms with Gasteiger partial charge in [0.05, 0.1) is 13.7 Å². The molecule has 198 valence electrons. The summed E-state index contributed by atoms with van der Waals surface area (Å²) in [5, 5.41) is 7.96. The van der Waals surface area contributed by atoms with Crippen molar-refractivity contribution in [1.29, 1.82) is 0 Å². The van der Waals surface area contributed by atoms with Crippen molar-refractivity contribution in [3.05, 3.63) is 77.9 Å². The molecule has 3 aromatic carbocycles. The summed E-state index contributed by atoms with van der Waals surface area (Å²) in [4.78, 5) is 22.3. The third-order valence-corrected chi connectivity index (χ3v) is 4.69. The lowest BCUT2D eigenvalue weighted by molar-refractivity contribution is -0.140. The second-order valence-corrected chi connectivity index (χ2v) is 8.26. The lowest BCUT2D eigenvalue weighted by atomic mass is 10.0. The van der Waals surface area contributed by atoms with E-state index in [2.05, 4.69) is 78.6 Å². The van der Waals surface area contributed by atoms with Crippen LogP contribution in [0.3, 0.4) is 0 Å². The molecule has 2 N–H and O–H groups in total. The molecule has 5 nitrogen and oxygen atoms in total. The molecule has 0 aromatic heterocycles. The topological polar surface area (TPSA) is 67.4 Å². The SMILES string of the molecule is CC.CCC.COC(=O)CNC(=O)CNc1ccc(C(C)(C)F)cc1.Cc1cccc2ccccc12. The fourth-order valence-corrected chi connectivity index (χ4v) is 2.86. The molecule has 0 saturated heterocycles. The van der Waals surface area contributed by atoms with Gasteiger partial charge in [0.25, 0.3) is 0 Å². The number of methoxy groups -OCH3 is 1. The molecular weight excluding hydrogens is 455 g/mol. The number of halogens is 1. The van der Waals surface area contributed by atoms with Gasteiger partial charge < -0.3 is 15.4 Å². The third-order valence-electron chi connectivity index (χ3n) is 4.69. The van der Waals surface area contributed by atoms with E-state index in [0.29, 0.717) is 11.3 Å². The Morgan fingerprint density at radius 3 is 1.97 bits per heavy atom. The van der Waals surface area contributed by atoms with Gasteiger partial charge in [-0.05, 0) is 54.8 Å². The average Bonchev–Trinajstić information content (AvgIpc) is 2.88. The van der Waals surface area contributed by atoms with E-state index < -0.39 is 11.6 Å². The van der Waals surface area contributed by atoms with Crippen LogP contribution in [-0.2, 0) is 20.0 Å². The number of ether oxygens (including phenoxy) is 1. The van der Waals surface area contributed by atoms with Crippen molar-refractivity contribution in [3.8, 4) is 0 Å². The fraction of sp³-hybridized carbons (Fsp3) is 0.400. The second-order valence-electron chi connectivity index (χ2n) is 8.26. The monoisotopic (exact) mass is 498 g/mol. The van der Waals surface area contributed by atoms with Crippen LogP contribution in [0.1, 0.15) is 59.1 Å². The minimum atomic E-state index is -1.39. The number of alkyl halides is 1. The normalized spacial score (nSPS) is 9.81. The zero-order chi connectivity index (χ0) is 27.6. The number of aryl methyl sites for hydroxylation is 1. The first-order valence-corrected chi connectivity index (χ1v) is 12.4. The lowest BCUT2D eigenvalue weighted by Gasteiger charge is -2.15. The largest absolute Gasteiger partial charge is 0.468 e. The van der Waals surface area contributed by atoms with Crippen molar-refractivity contribution in [3.63, 3.8) is 0 Å². The van der Waals surface area contributed by atoms with Gasteiger partial charge in [0.1, 0.15) is 12.2 Å². The number of esters is 1. The molecule has 0 heterocycles. The molecule has 1 amide bonds. The van der Waals surface area contributed by atoms with Crippen molar-refractivity contribution in [2.45, 2.75) is 60.6 Å². The van der Waals surface area contributed by atoms with E-state index in [1.807, 2.05) is 13.8 Å². The van der Waals surface area contributed by atoms with Crippen molar-refractivity contribution in [2.24, 2.45) is 0 Å². The summed E-state index contributed by atoms with van der Waals surface area (Å²) in [5.41, 5.74) is 1.23. The van der Waals surface area contributed by atoms with Crippen LogP contribution in [0.5, 0.6) is 0 Å². The van der Waals surface area contributed by atoms with E-state index >= 15 is 0 Å². The number of fused-ring (bicyclic) bond motifs is 1. The van der Waals surface area contributed by atoms with E-state index in [-0.39, 0.29) is 19.0 Å². The molecule has 0 spiro atoms. The van der Waals surface area contributed by atoms with Crippen LogP contribution in [0.2, 0.25) is 0 Å². The van der Waals surface area contributed by atoms with Gasteiger partial charge in [0, 0.05) is 5.69 Å². The van der Waals surface area contributed by atoms with Gasteiger partial charge in [-0.2, -0.15) is 0 Å². The highest BCUT2D eigenvalue weighted by atomic mass is 19.1. The Morgan fingerprint density at radius 1 is 0.889 bits per heavy atom. The molecule has 0 saturated carbocycles. The highest BCUT2D eigenvalue weighted by Crippen LogP contribution is 2.25. The molecule has 6 heteroatoms. The lowest BCUT2D eigenvalue weighted by Crippen LogP contribution is -2.34. The number of rotatable bonds is 6. The zero-order valence-electron chi connectivity index (χ0n) is 23.1. The van der Waals surface area contributed by atoms with Crippen LogP contribution in [0.4, 0.5) is 10.1 Å². The number of hydrogen-bond donors (Lipinski definition) is 2. The zero-order valence-corrected chi connectivity index (χ0v) is 23.1. The minimum absolute atomic E-state index is 0.0232. The third kappa shape index (κ3) is 12.9. The summed E-state index contributed by atoms with van der Waals surface area (Å²) in [6, 6.07) is 21.5. The quantitative estimate of drug-likeness (QED) is 0.353. The minimum Gasteiger partial charge on any atom is -0.468 e. The predicted octanol–water partition coefficient (Wildman–Crippen LogP) is 7.18. The molecular formula is C30H43FN2O3. The number of anilines is 1. The Balaban J connectivity index is 0.000000637. The molecule has 0 aliphatic rings. The number of benzene rings is 3. The summed E-state index contributed by atoms with van der Waals surface area (Å²) in [7, 11) is 1.25. The first kappa shape index (κ1) is 32.6. The van der Waals surface area contributed by atoms with Crippen molar-refractivity contribution in [2.75, 3.05) is 25.5 Å². The van der Waals surface area contributed by atoms with Crippen LogP contribution in [0.25, 0.3) is 10.8 Å². The van der Waals surface area contributed by atoms with Gasteiger partial charge in [-0.25, -0.2) is 4.39 Å². The smallest absolute Gasteiger partial charge is 0.325 e. The Hall–Kier alpha value is -3.41. The van der Waals surface area contributed by atoms with Crippen LogP contribution in [0.15, 0.2) is 66.7 Å². The molecule has 0 radical (unpaired) electrons. The molecule has 3 rings (SSSR count). The molecule has 0 atom stereocenters. The summed E-state index contributed by atoms with van der Waals surface area (Å²) in [6.45, 7) is 13.2. The molecule has 0 aliphatic carbocycles. The Bertz CT molecular complexity index is 1020. The summed E-state index contributed by atoms with van der Waals surface area (Å²) in [6.07, 6.45) is 1.25. The van der Waals surface area contributed by atoms with Gasteiger partial charge in [-0.1, -0.05) is 88.7 Å². The number of hydrogen-bond acceptors (Lipinski definition) is 4. The van der Waals surface area contributed by atoms with Gasteiger partial charge in [-0.3, -0.25) is 9.59 Å². The van der Waals surface area contributed by atoms with E-state index in [1.165, 1.54) is 43.7 Å². The predicted molar refractivity (Wildman–Crippen MR) is 150 cm³/mol. The van der Waals surface area contributed by atoms with E-state index in [0.717, 1.165) is 0 Å². The molecule has 0 fully saturated rings. The number of nitrogens with one attached hydrogen (secondary N) is 2. The maximum absolute atomic E-state index is 13.6. The highest BCUT2D eigenvalue weighted by Gasteiger charge is 2.18. The van der Waals surface area contributed by atoms with Crippen LogP contribution >= 0.6 is 0 Å². The second kappa shape index (κ2) is 17.9. The highest BCUT2D eigenvalue weighted by molar-refractivity contribution is 5.85. The molecule has 0 unspecified atom stereocenters. The van der Waals surface area contributed by atoms with Crippen molar-refractivity contribution in [1.82, 2.24) is 5.32 Å². The molecule has 36 heavy (non-hydrogen) atoms. The van der Waals surface area contributed by atoms with Crippen LogP contribution in [0, 0.1) is 6.92 Å².